The molecule has 0 bridgehead atoms. The third-order valence-electron chi connectivity index (χ3n) is 3.09. The van der Waals surface area contributed by atoms with Gasteiger partial charge in [0.2, 0.25) is 10.0 Å². The van der Waals surface area contributed by atoms with E-state index in [1.165, 1.54) is 25.0 Å². The highest BCUT2D eigenvalue weighted by atomic mass is 79.9. The minimum atomic E-state index is -3.50. The summed E-state index contributed by atoms with van der Waals surface area (Å²) in [5, 5.41) is 0. The number of hydrogen-bond acceptors (Lipinski definition) is 4. The molecule has 0 heterocycles. The largest absolute Gasteiger partial charge is 0.398 e. The molecular weight excluding hydrogens is 344 g/mol. The maximum atomic E-state index is 12.0. The molecule has 0 aliphatic heterocycles. The molecule has 1 aromatic rings. The number of sulfonamides is 1. The van der Waals surface area contributed by atoms with Crippen molar-refractivity contribution in [1.29, 1.82) is 0 Å². The van der Waals surface area contributed by atoms with E-state index in [-0.39, 0.29) is 4.90 Å². The zero-order valence-electron chi connectivity index (χ0n) is 11.1. The number of nitrogens with one attached hydrogen (secondary N) is 1. The maximum absolute atomic E-state index is 12.0. The van der Waals surface area contributed by atoms with Crippen LogP contribution in [0.25, 0.3) is 0 Å². The number of halogens is 1. The number of nitrogen functional groups attached to an aromatic ring is 1. The Hall–Kier alpha value is -0.630. The maximum Gasteiger partial charge on any atom is 0.240 e. The van der Waals surface area contributed by atoms with Crippen molar-refractivity contribution >= 4 is 31.6 Å². The molecule has 1 fully saturated rings. The Morgan fingerprint density at radius 3 is 2.80 bits per heavy atom. The molecule has 0 spiro atoms. The third-order valence-corrected chi connectivity index (χ3v) is 5.27. The van der Waals surface area contributed by atoms with Gasteiger partial charge < -0.3 is 10.5 Å². The van der Waals surface area contributed by atoms with Gasteiger partial charge in [0.1, 0.15) is 0 Å². The van der Waals surface area contributed by atoms with E-state index in [1.54, 1.807) is 6.07 Å². The Morgan fingerprint density at radius 1 is 1.40 bits per heavy atom. The van der Waals surface area contributed by atoms with Crippen LogP contribution in [0.2, 0.25) is 0 Å². The molecular formula is C13H19BrN2O3S. The highest BCUT2D eigenvalue weighted by Gasteiger charge is 2.21. The summed E-state index contributed by atoms with van der Waals surface area (Å²) < 4.78 is 32.7. The van der Waals surface area contributed by atoms with Crippen molar-refractivity contribution in [3.05, 3.63) is 22.7 Å². The minimum absolute atomic E-state index is 0.178. The van der Waals surface area contributed by atoms with Crippen LogP contribution in [0.3, 0.4) is 0 Å². The molecule has 112 valence electrons. The van der Waals surface area contributed by atoms with Crippen molar-refractivity contribution < 1.29 is 13.2 Å². The van der Waals surface area contributed by atoms with Crippen molar-refractivity contribution in [3.63, 3.8) is 0 Å². The molecule has 1 aromatic carbocycles. The molecule has 0 aromatic heterocycles. The summed E-state index contributed by atoms with van der Waals surface area (Å²) in [7, 11) is -3.50. The number of rotatable bonds is 8. The lowest BCUT2D eigenvalue weighted by Crippen LogP contribution is -2.25. The lowest BCUT2D eigenvalue weighted by molar-refractivity contribution is 0.123. The second-order valence-electron chi connectivity index (χ2n) is 4.95. The number of hydrogen-bond donors (Lipinski definition) is 2. The molecule has 2 rings (SSSR count). The number of anilines is 1. The fraction of sp³-hybridized carbons (Fsp3) is 0.538. The predicted molar refractivity (Wildman–Crippen MR) is 81.9 cm³/mol. The normalized spacial score (nSPS) is 15.4. The smallest absolute Gasteiger partial charge is 0.240 e. The van der Waals surface area contributed by atoms with Crippen molar-refractivity contribution in [1.82, 2.24) is 4.72 Å². The molecule has 20 heavy (non-hydrogen) atoms. The lowest BCUT2D eigenvalue weighted by Gasteiger charge is -2.08. The lowest BCUT2D eigenvalue weighted by atomic mass is 10.3. The fourth-order valence-electron chi connectivity index (χ4n) is 1.69. The zero-order valence-corrected chi connectivity index (χ0v) is 13.5. The van der Waals surface area contributed by atoms with Crippen LogP contribution in [-0.4, -0.2) is 28.2 Å². The first-order chi connectivity index (χ1) is 9.49. The molecule has 0 radical (unpaired) electrons. The van der Waals surface area contributed by atoms with Gasteiger partial charge in [-0.05, 0) is 59.3 Å². The van der Waals surface area contributed by atoms with E-state index in [4.69, 9.17) is 10.5 Å². The van der Waals surface area contributed by atoms with Gasteiger partial charge in [-0.3, -0.25) is 0 Å². The van der Waals surface area contributed by atoms with Gasteiger partial charge in [-0.2, -0.15) is 0 Å². The molecule has 1 saturated carbocycles. The van der Waals surface area contributed by atoms with Gasteiger partial charge in [0.05, 0.1) is 4.90 Å². The molecule has 0 saturated heterocycles. The van der Waals surface area contributed by atoms with Crippen LogP contribution < -0.4 is 10.5 Å². The average molecular weight is 363 g/mol. The number of nitrogens with two attached hydrogens (primary N) is 1. The van der Waals surface area contributed by atoms with E-state index in [0.29, 0.717) is 29.7 Å². The summed E-state index contributed by atoms with van der Waals surface area (Å²) in [6, 6.07) is 4.59. The van der Waals surface area contributed by atoms with Gasteiger partial charge in [0.15, 0.2) is 0 Å². The fourth-order valence-corrected chi connectivity index (χ4v) is 3.04. The summed E-state index contributed by atoms with van der Waals surface area (Å²) in [5.74, 6) is 0.734. The van der Waals surface area contributed by atoms with Crippen LogP contribution in [0.4, 0.5) is 5.69 Å². The van der Waals surface area contributed by atoms with Crippen LogP contribution >= 0.6 is 15.9 Å². The van der Waals surface area contributed by atoms with Crippen molar-refractivity contribution in [2.24, 2.45) is 5.92 Å². The van der Waals surface area contributed by atoms with Crippen molar-refractivity contribution in [2.75, 3.05) is 25.5 Å². The highest BCUT2D eigenvalue weighted by Crippen LogP contribution is 2.28. The molecule has 0 amide bonds. The third kappa shape index (κ3) is 4.73. The van der Waals surface area contributed by atoms with E-state index in [0.717, 1.165) is 12.5 Å². The van der Waals surface area contributed by atoms with Gasteiger partial charge in [-0.15, -0.1) is 0 Å². The first kappa shape index (κ1) is 15.8. The Balaban J connectivity index is 1.76. The van der Waals surface area contributed by atoms with Gasteiger partial charge in [-0.25, -0.2) is 13.1 Å². The molecule has 0 unspecified atom stereocenters. The van der Waals surface area contributed by atoms with Crippen LogP contribution in [0.1, 0.15) is 19.3 Å². The Labute approximate surface area is 128 Å². The summed E-state index contributed by atoms with van der Waals surface area (Å²) >= 11 is 3.24. The van der Waals surface area contributed by atoms with E-state index < -0.39 is 10.0 Å². The second-order valence-corrected chi connectivity index (χ2v) is 7.57. The summed E-state index contributed by atoms with van der Waals surface area (Å²) in [6.07, 6.45) is 3.19. The van der Waals surface area contributed by atoms with Gasteiger partial charge >= 0.3 is 0 Å². The molecule has 7 heteroatoms. The highest BCUT2D eigenvalue weighted by molar-refractivity contribution is 9.10. The SMILES string of the molecule is Nc1cc(S(=O)(=O)NCCCOCC2CC2)ccc1Br. The molecule has 1 aliphatic carbocycles. The van der Waals surface area contributed by atoms with Crippen LogP contribution in [0, 0.1) is 5.92 Å². The molecule has 1 aliphatic rings. The summed E-state index contributed by atoms with van der Waals surface area (Å²) in [4.78, 5) is 0.178. The molecule has 5 nitrogen and oxygen atoms in total. The van der Waals surface area contributed by atoms with Gasteiger partial charge in [0, 0.05) is 29.9 Å². The van der Waals surface area contributed by atoms with Crippen LogP contribution in [0.15, 0.2) is 27.6 Å². The van der Waals surface area contributed by atoms with Crippen LogP contribution in [-0.2, 0) is 14.8 Å². The van der Waals surface area contributed by atoms with E-state index in [9.17, 15) is 8.42 Å². The molecule has 0 atom stereocenters. The Kier molecular flexibility index (Phi) is 5.42. The Morgan fingerprint density at radius 2 is 2.15 bits per heavy atom. The topological polar surface area (TPSA) is 81.4 Å². The van der Waals surface area contributed by atoms with Crippen molar-refractivity contribution in [2.45, 2.75) is 24.2 Å². The standard InChI is InChI=1S/C13H19BrN2O3S/c14-12-5-4-11(8-13(12)15)20(17,18)16-6-1-7-19-9-10-2-3-10/h4-5,8,10,16H,1-3,6-7,9,15H2. The molecule has 3 N–H and O–H groups in total. The minimum Gasteiger partial charge on any atom is -0.398 e. The summed E-state index contributed by atoms with van der Waals surface area (Å²) in [5.41, 5.74) is 6.09. The van der Waals surface area contributed by atoms with Gasteiger partial charge in [-0.1, -0.05) is 0 Å². The average Bonchev–Trinajstić information content (AvgIpc) is 3.21. The van der Waals surface area contributed by atoms with Crippen LogP contribution in [0.5, 0.6) is 0 Å². The second kappa shape index (κ2) is 6.89. The van der Waals surface area contributed by atoms with Crippen molar-refractivity contribution in [3.8, 4) is 0 Å². The first-order valence-corrected chi connectivity index (χ1v) is 8.89. The first-order valence-electron chi connectivity index (χ1n) is 6.61. The van der Waals surface area contributed by atoms with E-state index in [1.807, 2.05) is 0 Å². The van der Waals surface area contributed by atoms with Gasteiger partial charge in [0.25, 0.3) is 0 Å². The zero-order chi connectivity index (χ0) is 14.6. The summed E-state index contributed by atoms with van der Waals surface area (Å²) in [6.45, 7) is 1.75. The number of ether oxygens (including phenoxy) is 1. The predicted octanol–water partition coefficient (Wildman–Crippen LogP) is 2.13. The number of benzene rings is 1. The Bertz CT molecular complexity index is 559. The van der Waals surface area contributed by atoms with E-state index >= 15 is 0 Å². The quantitative estimate of drug-likeness (QED) is 0.548. The monoisotopic (exact) mass is 362 g/mol. The van der Waals surface area contributed by atoms with E-state index in [2.05, 4.69) is 20.7 Å².